The molecule has 0 heterocycles. The summed E-state index contributed by atoms with van der Waals surface area (Å²) in [6.45, 7) is 15.4. The SMILES string of the molecule is C=C/C(C)=C\N=CC.CC.CC. The zero-order valence-corrected chi connectivity index (χ0v) is 9.39. The van der Waals surface area contributed by atoms with Crippen molar-refractivity contribution in [1.29, 1.82) is 0 Å². The molecule has 0 aliphatic heterocycles. The molecule has 0 fully saturated rings. The monoisotopic (exact) mass is 169 g/mol. The summed E-state index contributed by atoms with van der Waals surface area (Å²) < 4.78 is 0. The van der Waals surface area contributed by atoms with Crippen molar-refractivity contribution in [2.24, 2.45) is 4.99 Å². The molecule has 0 bridgehead atoms. The smallest absolute Gasteiger partial charge is 0.0292 e. The zero-order valence-electron chi connectivity index (χ0n) is 9.39. The first-order chi connectivity index (χ1) is 5.81. The van der Waals surface area contributed by atoms with Gasteiger partial charge in [-0.1, -0.05) is 40.3 Å². The maximum atomic E-state index is 3.88. The van der Waals surface area contributed by atoms with Crippen molar-refractivity contribution in [3.63, 3.8) is 0 Å². The van der Waals surface area contributed by atoms with Crippen LogP contribution in [-0.4, -0.2) is 6.21 Å². The third-order valence-electron chi connectivity index (χ3n) is 0.749. The topological polar surface area (TPSA) is 12.4 Å². The predicted octanol–water partition coefficient (Wildman–Crippen LogP) is 4.22. The molecule has 0 saturated carbocycles. The summed E-state index contributed by atoms with van der Waals surface area (Å²) in [4.78, 5) is 3.88. The lowest BCUT2D eigenvalue weighted by atomic mass is 10.3. The second-order valence-electron chi connectivity index (χ2n) is 1.48. The molecule has 1 nitrogen and oxygen atoms in total. The Morgan fingerprint density at radius 2 is 1.58 bits per heavy atom. The van der Waals surface area contributed by atoms with E-state index in [4.69, 9.17) is 0 Å². The number of aliphatic imine (C=N–C) groups is 1. The Balaban J connectivity index is -0.000000175. The maximum Gasteiger partial charge on any atom is 0.0292 e. The van der Waals surface area contributed by atoms with Gasteiger partial charge in [0.05, 0.1) is 0 Å². The van der Waals surface area contributed by atoms with Gasteiger partial charge in [-0.15, -0.1) is 0 Å². The fourth-order valence-electron chi connectivity index (χ4n) is 0.245. The van der Waals surface area contributed by atoms with E-state index in [1.165, 1.54) is 0 Å². The van der Waals surface area contributed by atoms with Gasteiger partial charge in [0.15, 0.2) is 0 Å². The second-order valence-corrected chi connectivity index (χ2v) is 1.48. The van der Waals surface area contributed by atoms with Crippen LogP contribution in [0.2, 0.25) is 0 Å². The minimum absolute atomic E-state index is 1.09. The van der Waals surface area contributed by atoms with E-state index in [-0.39, 0.29) is 0 Å². The lowest BCUT2D eigenvalue weighted by Crippen LogP contribution is -1.62. The minimum Gasteiger partial charge on any atom is -0.269 e. The molecule has 0 radical (unpaired) electrons. The van der Waals surface area contributed by atoms with Crippen LogP contribution in [0.3, 0.4) is 0 Å². The standard InChI is InChI=1S/C7H11N.2C2H6/c1-4-7(3)6-8-5-2;2*1-2/h4-6H,1H2,2-3H3;2*1-2H3/b7-6-,8-5?;;. The van der Waals surface area contributed by atoms with Crippen LogP contribution in [0.5, 0.6) is 0 Å². The highest BCUT2D eigenvalue weighted by molar-refractivity contribution is 5.54. The van der Waals surface area contributed by atoms with Gasteiger partial charge in [0.1, 0.15) is 0 Å². The highest BCUT2D eigenvalue weighted by atomic mass is 14.7. The van der Waals surface area contributed by atoms with E-state index in [1.807, 2.05) is 41.5 Å². The molecule has 0 aliphatic rings. The number of allylic oxidation sites excluding steroid dienone is 2. The molecule has 0 atom stereocenters. The highest BCUT2D eigenvalue weighted by Gasteiger charge is 1.71. The van der Waals surface area contributed by atoms with E-state index >= 15 is 0 Å². The second kappa shape index (κ2) is 22.5. The van der Waals surface area contributed by atoms with Crippen LogP contribution in [0.4, 0.5) is 0 Å². The Labute approximate surface area is 77.9 Å². The van der Waals surface area contributed by atoms with Crippen LogP contribution >= 0.6 is 0 Å². The van der Waals surface area contributed by atoms with Crippen molar-refractivity contribution >= 4 is 6.21 Å². The first kappa shape index (κ1) is 17.3. The largest absolute Gasteiger partial charge is 0.269 e. The third-order valence-corrected chi connectivity index (χ3v) is 0.749. The van der Waals surface area contributed by atoms with Crippen molar-refractivity contribution in [1.82, 2.24) is 0 Å². The van der Waals surface area contributed by atoms with Gasteiger partial charge in [0, 0.05) is 12.4 Å². The molecule has 0 amide bonds. The molecule has 0 aromatic heterocycles. The number of rotatable bonds is 2. The van der Waals surface area contributed by atoms with Gasteiger partial charge in [0.25, 0.3) is 0 Å². The van der Waals surface area contributed by atoms with Crippen molar-refractivity contribution in [3.05, 3.63) is 24.4 Å². The molecule has 0 N–H and O–H groups in total. The number of hydrogen-bond acceptors (Lipinski definition) is 1. The summed E-state index contributed by atoms with van der Waals surface area (Å²) in [6.07, 6.45) is 5.28. The van der Waals surface area contributed by atoms with Crippen molar-refractivity contribution in [3.8, 4) is 0 Å². The summed E-state index contributed by atoms with van der Waals surface area (Å²) in [5.74, 6) is 0. The van der Waals surface area contributed by atoms with Crippen molar-refractivity contribution in [2.45, 2.75) is 41.5 Å². The summed E-state index contributed by atoms with van der Waals surface area (Å²) in [5, 5.41) is 0. The van der Waals surface area contributed by atoms with Crippen LogP contribution in [0.25, 0.3) is 0 Å². The Hall–Kier alpha value is -0.850. The zero-order chi connectivity index (χ0) is 10.4. The molecule has 0 spiro atoms. The molecule has 0 unspecified atom stereocenters. The number of nitrogens with zero attached hydrogens (tertiary/aromatic N) is 1. The van der Waals surface area contributed by atoms with E-state index in [2.05, 4.69) is 11.6 Å². The van der Waals surface area contributed by atoms with Crippen molar-refractivity contribution in [2.75, 3.05) is 0 Å². The maximum absolute atomic E-state index is 3.88. The molecule has 0 aromatic carbocycles. The average molecular weight is 169 g/mol. The summed E-state index contributed by atoms with van der Waals surface area (Å²) >= 11 is 0. The molecule has 0 saturated heterocycles. The first-order valence-electron chi connectivity index (χ1n) is 4.58. The molecular weight excluding hydrogens is 146 g/mol. The quantitative estimate of drug-likeness (QED) is 0.433. The molecule has 0 rings (SSSR count). The van der Waals surface area contributed by atoms with Gasteiger partial charge in [-0.05, 0) is 19.4 Å². The number of hydrogen-bond donors (Lipinski definition) is 0. The minimum atomic E-state index is 1.09. The summed E-state index contributed by atoms with van der Waals surface area (Å²) in [5.41, 5.74) is 1.09. The predicted molar refractivity (Wildman–Crippen MR) is 60.8 cm³/mol. The van der Waals surface area contributed by atoms with E-state index < -0.39 is 0 Å². The Bertz CT molecular complexity index is 121. The first-order valence-corrected chi connectivity index (χ1v) is 4.58. The van der Waals surface area contributed by atoms with Crippen molar-refractivity contribution < 1.29 is 0 Å². The normalized spacial score (nSPS) is 9.33. The van der Waals surface area contributed by atoms with E-state index in [9.17, 15) is 0 Å². The van der Waals surface area contributed by atoms with Crippen LogP contribution in [0, 0.1) is 0 Å². The lowest BCUT2D eigenvalue weighted by molar-refractivity contribution is 1.44. The lowest BCUT2D eigenvalue weighted by Gasteiger charge is -1.81. The molecule has 12 heavy (non-hydrogen) atoms. The van der Waals surface area contributed by atoms with Gasteiger partial charge >= 0.3 is 0 Å². The van der Waals surface area contributed by atoms with Crippen LogP contribution in [-0.2, 0) is 0 Å². The molecule has 72 valence electrons. The van der Waals surface area contributed by atoms with Crippen LogP contribution in [0.15, 0.2) is 29.4 Å². The average Bonchev–Trinajstić information content (AvgIpc) is 2.20. The van der Waals surface area contributed by atoms with Gasteiger partial charge in [-0.3, -0.25) is 4.99 Å². The van der Waals surface area contributed by atoms with E-state index in [0.29, 0.717) is 0 Å². The van der Waals surface area contributed by atoms with Crippen LogP contribution < -0.4 is 0 Å². The summed E-state index contributed by atoms with van der Waals surface area (Å²) in [7, 11) is 0. The Morgan fingerprint density at radius 1 is 1.17 bits per heavy atom. The fraction of sp³-hybridized carbons (Fsp3) is 0.545. The molecule has 1 heteroatoms. The summed E-state index contributed by atoms with van der Waals surface area (Å²) in [6, 6.07) is 0. The van der Waals surface area contributed by atoms with E-state index in [0.717, 1.165) is 5.57 Å². The van der Waals surface area contributed by atoms with Gasteiger partial charge in [-0.2, -0.15) is 0 Å². The fourth-order valence-corrected chi connectivity index (χ4v) is 0.245. The Morgan fingerprint density at radius 3 is 1.83 bits per heavy atom. The molecular formula is C11H23N. The van der Waals surface area contributed by atoms with Gasteiger partial charge in [-0.25, -0.2) is 0 Å². The molecule has 0 aliphatic carbocycles. The highest BCUT2D eigenvalue weighted by Crippen LogP contribution is 1.90. The van der Waals surface area contributed by atoms with Crippen LogP contribution in [0.1, 0.15) is 41.5 Å². The van der Waals surface area contributed by atoms with Gasteiger partial charge < -0.3 is 0 Å². The third kappa shape index (κ3) is 22.9. The van der Waals surface area contributed by atoms with Gasteiger partial charge in [0.2, 0.25) is 0 Å². The van der Waals surface area contributed by atoms with E-state index in [1.54, 1.807) is 18.5 Å². The Kier molecular flexibility index (Phi) is 32.4. The molecule has 0 aromatic rings.